The number of aliphatic hydroxyl groups excluding tert-OH is 1. The molecule has 0 fully saturated rings. The van der Waals surface area contributed by atoms with Gasteiger partial charge in [-0.3, -0.25) is 4.90 Å². The number of rotatable bonds is 9. The monoisotopic (exact) mass is 229 g/mol. The van der Waals surface area contributed by atoms with Crippen molar-refractivity contribution in [1.29, 1.82) is 0 Å². The van der Waals surface area contributed by atoms with Crippen molar-refractivity contribution in [2.75, 3.05) is 26.2 Å². The quantitative estimate of drug-likeness (QED) is 0.588. The molecular formula is C12H23NO3. The van der Waals surface area contributed by atoms with Gasteiger partial charge in [0.2, 0.25) is 0 Å². The lowest BCUT2D eigenvalue weighted by Gasteiger charge is -2.19. The topological polar surface area (TPSA) is 60.8 Å². The molecule has 2 N–H and O–H groups in total. The van der Waals surface area contributed by atoms with E-state index in [1.165, 1.54) is 0 Å². The molecule has 0 amide bonds. The Morgan fingerprint density at radius 1 is 1.31 bits per heavy atom. The number of hydrogen-bond donors (Lipinski definition) is 2. The summed E-state index contributed by atoms with van der Waals surface area (Å²) >= 11 is 0. The first kappa shape index (κ1) is 15.1. The van der Waals surface area contributed by atoms with E-state index in [4.69, 9.17) is 10.2 Å². The number of hydrogen-bond acceptors (Lipinski definition) is 3. The van der Waals surface area contributed by atoms with E-state index in [1.54, 1.807) is 6.08 Å². The van der Waals surface area contributed by atoms with Gasteiger partial charge >= 0.3 is 5.97 Å². The molecule has 0 rings (SSSR count). The predicted molar refractivity (Wildman–Crippen MR) is 64.4 cm³/mol. The standard InChI is InChI=1S/C12H23NO3/c1-3-5-7-13(9-10-14)8-6-11(4-2)12(15)16/h6,14H,3-5,7-10H2,1-2H3,(H,15,16). The van der Waals surface area contributed by atoms with Crippen LogP contribution in [0.2, 0.25) is 0 Å². The highest BCUT2D eigenvalue weighted by atomic mass is 16.4. The maximum atomic E-state index is 10.8. The number of aliphatic carboxylic acids is 1. The molecule has 4 heteroatoms. The van der Waals surface area contributed by atoms with Crippen molar-refractivity contribution in [3.05, 3.63) is 11.6 Å². The van der Waals surface area contributed by atoms with Gasteiger partial charge in [0, 0.05) is 18.7 Å². The Morgan fingerprint density at radius 3 is 2.44 bits per heavy atom. The number of unbranched alkanes of at least 4 members (excludes halogenated alkanes) is 1. The van der Waals surface area contributed by atoms with Gasteiger partial charge in [0.25, 0.3) is 0 Å². The van der Waals surface area contributed by atoms with Gasteiger partial charge in [-0.2, -0.15) is 0 Å². The van der Waals surface area contributed by atoms with Crippen LogP contribution in [0.3, 0.4) is 0 Å². The van der Waals surface area contributed by atoms with Gasteiger partial charge in [0.15, 0.2) is 0 Å². The molecule has 0 aliphatic heterocycles. The van der Waals surface area contributed by atoms with Crippen LogP contribution in [0.25, 0.3) is 0 Å². The first-order valence-corrected chi connectivity index (χ1v) is 5.91. The van der Waals surface area contributed by atoms with Crippen LogP contribution in [0.5, 0.6) is 0 Å². The minimum Gasteiger partial charge on any atom is -0.478 e. The van der Waals surface area contributed by atoms with Gasteiger partial charge in [-0.1, -0.05) is 26.3 Å². The number of nitrogens with zero attached hydrogens (tertiary/aromatic N) is 1. The molecule has 0 bridgehead atoms. The molecule has 0 aromatic heterocycles. The smallest absolute Gasteiger partial charge is 0.331 e. The molecule has 0 atom stereocenters. The summed E-state index contributed by atoms with van der Waals surface area (Å²) in [5.41, 5.74) is 0.444. The van der Waals surface area contributed by atoms with Crippen molar-refractivity contribution in [3.63, 3.8) is 0 Å². The molecule has 0 aliphatic carbocycles. The zero-order valence-electron chi connectivity index (χ0n) is 10.3. The molecule has 94 valence electrons. The van der Waals surface area contributed by atoms with E-state index in [1.807, 2.05) is 6.92 Å². The van der Waals surface area contributed by atoms with E-state index in [-0.39, 0.29) is 6.61 Å². The highest BCUT2D eigenvalue weighted by Crippen LogP contribution is 2.02. The van der Waals surface area contributed by atoms with Gasteiger partial charge in [-0.15, -0.1) is 0 Å². The molecule has 0 saturated carbocycles. The molecule has 0 unspecified atom stereocenters. The fourth-order valence-corrected chi connectivity index (χ4v) is 1.44. The van der Waals surface area contributed by atoms with Crippen LogP contribution >= 0.6 is 0 Å². The van der Waals surface area contributed by atoms with Gasteiger partial charge in [-0.25, -0.2) is 4.79 Å². The maximum absolute atomic E-state index is 10.8. The molecule has 0 spiro atoms. The molecule has 0 aromatic rings. The Morgan fingerprint density at radius 2 is 2.00 bits per heavy atom. The molecule has 0 saturated heterocycles. The fraction of sp³-hybridized carbons (Fsp3) is 0.750. The highest BCUT2D eigenvalue weighted by molar-refractivity contribution is 5.86. The lowest BCUT2D eigenvalue weighted by atomic mass is 10.2. The first-order valence-electron chi connectivity index (χ1n) is 5.91. The van der Waals surface area contributed by atoms with Crippen LogP contribution in [0.4, 0.5) is 0 Å². The number of carboxylic acids is 1. The largest absolute Gasteiger partial charge is 0.478 e. The van der Waals surface area contributed by atoms with Gasteiger partial charge in [0.1, 0.15) is 0 Å². The lowest BCUT2D eigenvalue weighted by molar-refractivity contribution is -0.132. The summed E-state index contributed by atoms with van der Waals surface area (Å²) in [7, 11) is 0. The average Bonchev–Trinajstić information content (AvgIpc) is 2.26. The van der Waals surface area contributed by atoms with Crippen LogP contribution in [0, 0.1) is 0 Å². The summed E-state index contributed by atoms with van der Waals surface area (Å²) in [4.78, 5) is 12.9. The van der Waals surface area contributed by atoms with E-state index in [0.29, 0.717) is 25.1 Å². The summed E-state index contributed by atoms with van der Waals surface area (Å²) < 4.78 is 0. The minimum absolute atomic E-state index is 0.117. The average molecular weight is 229 g/mol. The third kappa shape index (κ3) is 6.58. The Bertz CT molecular complexity index is 226. The lowest BCUT2D eigenvalue weighted by Crippen LogP contribution is -2.28. The third-order valence-electron chi connectivity index (χ3n) is 2.50. The van der Waals surface area contributed by atoms with E-state index in [0.717, 1.165) is 19.4 Å². The molecule has 0 heterocycles. The minimum atomic E-state index is -0.845. The van der Waals surface area contributed by atoms with Crippen LogP contribution in [-0.4, -0.2) is 47.3 Å². The van der Waals surface area contributed by atoms with E-state index in [9.17, 15) is 4.79 Å². The molecular weight excluding hydrogens is 206 g/mol. The second-order valence-electron chi connectivity index (χ2n) is 3.77. The van der Waals surface area contributed by atoms with Crippen molar-refractivity contribution >= 4 is 5.97 Å². The summed E-state index contributed by atoms with van der Waals surface area (Å²) in [5, 5.41) is 17.7. The molecule has 0 radical (unpaired) electrons. The van der Waals surface area contributed by atoms with Crippen LogP contribution in [0.15, 0.2) is 11.6 Å². The number of carbonyl (C=O) groups is 1. The SMILES string of the molecule is CCCCN(CC=C(CC)C(=O)O)CCO. The second-order valence-corrected chi connectivity index (χ2v) is 3.77. The molecule has 16 heavy (non-hydrogen) atoms. The third-order valence-corrected chi connectivity index (χ3v) is 2.50. The van der Waals surface area contributed by atoms with E-state index in [2.05, 4.69) is 11.8 Å². The highest BCUT2D eigenvalue weighted by Gasteiger charge is 2.06. The summed E-state index contributed by atoms with van der Waals surface area (Å²) in [6.07, 6.45) is 4.46. The Labute approximate surface area is 97.6 Å². The van der Waals surface area contributed by atoms with Crippen LogP contribution in [0.1, 0.15) is 33.1 Å². The Hall–Kier alpha value is -0.870. The van der Waals surface area contributed by atoms with Crippen molar-refractivity contribution in [2.24, 2.45) is 0 Å². The first-order chi connectivity index (χ1) is 7.65. The number of aliphatic hydroxyl groups is 1. The van der Waals surface area contributed by atoms with Crippen molar-refractivity contribution < 1.29 is 15.0 Å². The summed E-state index contributed by atoms with van der Waals surface area (Å²) in [6.45, 7) is 6.18. The van der Waals surface area contributed by atoms with Crippen LogP contribution < -0.4 is 0 Å². The zero-order valence-corrected chi connectivity index (χ0v) is 10.3. The van der Waals surface area contributed by atoms with Crippen molar-refractivity contribution in [2.45, 2.75) is 33.1 Å². The molecule has 0 aromatic carbocycles. The number of carboxylic acid groups (broad SMARTS) is 1. The van der Waals surface area contributed by atoms with Crippen LogP contribution in [-0.2, 0) is 4.79 Å². The van der Waals surface area contributed by atoms with Gasteiger partial charge < -0.3 is 10.2 Å². The van der Waals surface area contributed by atoms with Gasteiger partial charge in [-0.05, 0) is 19.4 Å². The zero-order chi connectivity index (χ0) is 12.4. The molecule has 4 nitrogen and oxygen atoms in total. The Balaban J connectivity index is 4.20. The molecule has 0 aliphatic rings. The van der Waals surface area contributed by atoms with Crippen molar-refractivity contribution in [1.82, 2.24) is 4.90 Å². The van der Waals surface area contributed by atoms with Gasteiger partial charge in [0.05, 0.1) is 6.61 Å². The normalized spacial score (nSPS) is 12.1. The van der Waals surface area contributed by atoms with Crippen molar-refractivity contribution in [3.8, 4) is 0 Å². The van der Waals surface area contributed by atoms with E-state index >= 15 is 0 Å². The maximum Gasteiger partial charge on any atom is 0.331 e. The van der Waals surface area contributed by atoms with E-state index < -0.39 is 5.97 Å². The predicted octanol–water partition coefficient (Wildman–Crippen LogP) is 1.50. The fourth-order valence-electron chi connectivity index (χ4n) is 1.44. The summed E-state index contributed by atoms with van der Waals surface area (Å²) in [6, 6.07) is 0. The Kier molecular flexibility index (Phi) is 8.85. The summed E-state index contributed by atoms with van der Waals surface area (Å²) in [5.74, 6) is -0.845. The second kappa shape index (κ2) is 9.36.